The molecule has 112 valence electrons. The van der Waals surface area contributed by atoms with Gasteiger partial charge in [-0.1, -0.05) is 0 Å². The van der Waals surface area contributed by atoms with Gasteiger partial charge >= 0.3 is 0 Å². The van der Waals surface area contributed by atoms with Crippen LogP contribution in [0.1, 0.15) is 25.0 Å². The molecule has 3 rings (SSSR count). The molecule has 5 nitrogen and oxygen atoms in total. The van der Waals surface area contributed by atoms with Gasteiger partial charge in [0.25, 0.3) is 0 Å². The average Bonchev–Trinajstić information content (AvgIpc) is 2.43. The first kappa shape index (κ1) is 14.1. The minimum absolute atomic E-state index is 0.0563. The molecule has 3 N–H and O–H groups in total. The first-order valence-electron chi connectivity index (χ1n) is 7.05. The molecule has 0 saturated heterocycles. The van der Waals surface area contributed by atoms with Gasteiger partial charge in [-0.2, -0.15) is 0 Å². The summed E-state index contributed by atoms with van der Waals surface area (Å²) in [5.74, 6) is -0.178. The summed E-state index contributed by atoms with van der Waals surface area (Å²) in [5.41, 5.74) is 10.9. The van der Waals surface area contributed by atoms with Crippen molar-refractivity contribution in [3.8, 4) is 0 Å². The van der Waals surface area contributed by atoms with Crippen molar-refractivity contribution < 1.29 is 9.59 Å². The summed E-state index contributed by atoms with van der Waals surface area (Å²) >= 11 is 0. The summed E-state index contributed by atoms with van der Waals surface area (Å²) < 4.78 is 0. The number of hydrogen-bond acceptors (Lipinski definition) is 3. The van der Waals surface area contributed by atoms with Crippen LogP contribution in [-0.4, -0.2) is 11.8 Å². The van der Waals surface area contributed by atoms with Crippen LogP contribution in [0.2, 0.25) is 0 Å². The monoisotopic (exact) mass is 295 g/mol. The van der Waals surface area contributed by atoms with Gasteiger partial charge in [0.05, 0.1) is 11.4 Å². The minimum atomic E-state index is -0.121. The van der Waals surface area contributed by atoms with Gasteiger partial charge in [0.15, 0.2) is 0 Å². The molecule has 0 fully saturated rings. The predicted molar refractivity (Wildman–Crippen MR) is 87.2 cm³/mol. The predicted octanol–water partition coefficient (Wildman–Crippen LogP) is 2.82. The van der Waals surface area contributed by atoms with E-state index in [0.717, 1.165) is 28.2 Å². The van der Waals surface area contributed by atoms with Gasteiger partial charge in [-0.05, 0) is 47.5 Å². The summed E-state index contributed by atoms with van der Waals surface area (Å²) in [6.07, 6.45) is 0.674. The average molecular weight is 295 g/mol. The molecule has 0 spiro atoms. The Kier molecular flexibility index (Phi) is 3.33. The third-order valence-electron chi connectivity index (χ3n) is 3.68. The highest BCUT2D eigenvalue weighted by atomic mass is 16.2. The third kappa shape index (κ3) is 2.41. The molecule has 0 aromatic heterocycles. The van der Waals surface area contributed by atoms with E-state index in [1.165, 1.54) is 13.8 Å². The van der Waals surface area contributed by atoms with Gasteiger partial charge in [0, 0.05) is 31.6 Å². The van der Waals surface area contributed by atoms with Crippen molar-refractivity contribution in [1.82, 2.24) is 0 Å². The van der Waals surface area contributed by atoms with E-state index in [2.05, 4.69) is 5.32 Å². The van der Waals surface area contributed by atoms with Gasteiger partial charge < -0.3 is 11.1 Å². The Hall–Kier alpha value is -2.82. The summed E-state index contributed by atoms with van der Waals surface area (Å²) in [7, 11) is 0. The van der Waals surface area contributed by atoms with Gasteiger partial charge in [-0.3, -0.25) is 14.5 Å². The number of carbonyl (C=O) groups excluding carboxylic acids is 2. The molecule has 0 unspecified atom stereocenters. The van der Waals surface area contributed by atoms with Crippen molar-refractivity contribution >= 4 is 34.6 Å². The van der Waals surface area contributed by atoms with Crippen LogP contribution in [-0.2, 0) is 16.0 Å². The molecule has 1 aliphatic rings. The molecule has 0 bridgehead atoms. The number of nitrogen functional groups attached to an aromatic ring is 1. The Morgan fingerprint density at radius 2 is 1.68 bits per heavy atom. The van der Waals surface area contributed by atoms with Gasteiger partial charge in [0.2, 0.25) is 11.8 Å². The maximum atomic E-state index is 12.1. The third-order valence-corrected chi connectivity index (χ3v) is 3.68. The lowest BCUT2D eigenvalue weighted by Crippen LogP contribution is -2.28. The minimum Gasteiger partial charge on any atom is -0.399 e. The van der Waals surface area contributed by atoms with Crippen molar-refractivity contribution in [3.63, 3.8) is 0 Å². The van der Waals surface area contributed by atoms with E-state index >= 15 is 0 Å². The number of hydrogen-bond donors (Lipinski definition) is 2. The highest BCUT2D eigenvalue weighted by molar-refractivity contribution is 6.02. The van der Waals surface area contributed by atoms with E-state index in [9.17, 15) is 9.59 Å². The second-order valence-electron chi connectivity index (χ2n) is 5.44. The summed E-state index contributed by atoms with van der Waals surface area (Å²) in [5, 5.41) is 2.77. The summed E-state index contributed by atoms with van der Waals surface area (Å²) in [6.45, 7) is 3.01. The fourth-order valence-corrected chi connectivity index (χ4v) is 2.87. The Balaban J connectivity index is 2.12. The van der Waals surface area contributed by atoms with Crippen LogP contribution >= 0.6 is 0 Å². The van der Waals surface area contributed by atoms with E-state index in [4.69, 9.17) is 5.73 Å². The normalized spacial score (nSPS) is 12.4. The Morgan fingerprint density at radius 1 is 1.05 bits per heavy atom. The van der Waals surface area contributed by atoms with Crippen molar-refractivity contribution in [2.45, 2.75) is 20.3 Å². The fourth-order valence-electron chi connectivity index (χ4n) is 2.87. The van der Waals surface area contributed by atoms with Crippen molar-refractivity contribution in [2.24, 2.45) is 0 Å². The number of nitrogens with one attached hydrogen (secondary N) is 1. The fraction of sp³-hybridized carbons (Fsp3) is 0.176. The standard InChI is InChI=1S/C17H17N3O2/c1-10(21)19-15-4-6-17-13(9-15)7-12-8-14(18)3-5-16(12)20(17)11(2)22/h3-6,8-9H,7,18H2,1-2H3,(H,19,21). The second kappa shape index (κ2) is 5.18. The van der Waals surface area contributed by atoms with Gasteiger partial charge in [-0.15, -0.1) is 0 Å². The summed E-state index contributed by atoms with van der Waals surface area (Å²) in [4.78, 5) is 25.0. The molecule has 2 amide bonds. The SMILES string of the molecule is CC(=O)Nc1ccc2c(c1)Cc1cc(N)ccc1N2C(C)=O. The molecule has 2 aromatic rings. The molecular weight excluding hydrogens is 278 g/mol. The maximum absolute atomic E-state index is 12.1. The lowest BCUT2D eigenvalue weighted by molar-refractivity contribution is -0.116. The van der Waals surface area contributed by atoms with Gasteiger partial charge in [-0.25, -0.2) is 0 Å². The highest BCUT2D eigenvalue weighted by Gasteiger charge is 2.25. The zero-order chi connectivity index (χ0) is 15.9. The lowest BCUT2D eigenvalue weighted by atomic mass is 9.94. The molecule has 0 saturated carbocycles. The largest absolute Gasteiger partial charge is 0.399 e. The number of nitrogens with two attached hydrogens (primary N) is 1. The maximum Gasteiger partial charge on any atom is 0.228 e. The molecule has 0 aliphatic carbocycles. The zero-order valence-corrected chi connectivity index (χ0v) is 12.5. The number of anilines is 4. The number of carbonyl (C=O) groups is 2. The van der Waals surface area contributed by atoms with Crippen molar-refractivity contribution in [1.29, 1.82) is 0 Å². The number of rotatable bonds is 1. The molecule has 5 heteroatoms. The number of fused-ring (bicyclic) bond motifs is 2. The molecular formula is C17H17N3O2. The summed E-state index contributed by atoms with van der Waals surface area (Å²) in [6, 6.07) is 11.1. The smallest absolute Gasteiger partial charge is 0.228 e. The molecule has 0 radical (unpaired) electrons. The molecule has 0 atom stereocenters. The van der Waals surface area contributed by atoms with E-state index < -0.39 is 0 Å². The van der Waals surface area contributed by atoms with Crippen LogP contribution in [0, 0.1) is 0 Å². The van der Waals surface area contributed by atoms with Crippen LogP contribution in [0.25, 0.3) is 0 Å². The zero-order valence-electron chi connectivity index (χ0n) is 12.5. The Bertz CT molecular complexity index is 783. The Labute approximate surface area is 128 Å². The van der Waals surface area contributed by atoms with E-state index in [1.54, 1.807) is 17.0 Å². The van der Waals surface area contributed by atoms with Crippen LogP contribution < -0.4 is 16.0 Å². The highest BCUT2D eigenvalue weighted by Crippen LogP contribution is 2.40. The van der Waals surface area contributed by atoms with Crippen molar-refractivity contribution in [2.75, 3.05) is 16.0 Å². The van der Waals surface area contributed by atoms with Crippen LogP contribution in [0.3, 0.4) is 0 Å². The number of nitrogens with zero attached hydrogens (tertiary/aromatic N) is 1. The van der Waals surface area contributed by atoms with Gasteiger partial charge in [0.1, 0.15) is 0 Å². The molecule has 1 heterocycles. The molecule has 2 aromatic carbocycles. The number of benzene rings is 2. The number of amides is 2. The lowest BCUT2D eigenvalue weighted by Gasteiger charge is -2.31. The first-order chi connectivity index (χ1) is 10.5. The van der Waals surface area contributed by atoms with Crippen LogP contribution in [0.4, 0.5) is 22.7 Å². The van der Waals surface area contributed by atoms with E-state index in [1.807, 2.05) is 24.3 Å². The van der Waals surface area contributed by atoms with Crippen LogP contribution in [0.15, 0.2) is 36.4 Å². The van der Waals surface area contributed by atoms with E-state index in [-0.39, 0.29) is 11.8 Å². The Morgan fingerprint density at radius 3 is 2.32 bits per heavy atom. The molecule has 1 aliphatic heterocycles. The van der Waals surface area contributed by atoms with E-state index in [0.29, 0.717) is 12.1 Å². The first-order valence-corrected chi connectivity index (χ1v) is 7.05. The topological polar surface area (TPSA) is 75.4 Å². The second-order valence-corrected chi connectivity index (χ2v) is 5.44. The quantitative estimate of drug-likeness (QED) is 0.794. The molecule has 22 heavy (non-hydrogen) atoms. The van der Waals surface area contributed by atoms with Crippen molar-refractivity contribution in [3.05, 3.63) is 47.5 Å². The van der Waals surface area contributed by atoms with Crippen LogP contribution in [0.5, 0.6) is 0 Å².